The van der Waals surface area contributed by atoms with Crippen LogP contribution in [-0.2, 0) is 4.84 Å². The molecule has 0 unspecified atom stereocenters. The molecule has 22 heavy (non-hydrogen) atoms. The van der Waals surface area contributed by atoms with Crippen molar-refractivity contribution in [2.24, 2.45) is 21.2 Å². The average Bonchev–Trinajstić information content (AvgIpc) is 2.97. The molecular formula is C13H11ClF2N4OS. The van der Waals surface area contributed by atoms with Crippen molar-refractivity contribution in [1.29, 1.82) is 0 Å². The first-order valence-electron chi connectivity index (χ1n) is 6.72. The van der Waals surface area contributed by atoms with E-state index in [9.17, 15) is 8.78 Å². The van der Waals surface area contributed by atoms with Crippen LogP contribution in [0.2, 0.25) is 0 Å². The van der Waals surface area contributed by atoms with E-state index < -0.39 is 12.0 Å². The van der Waals surface area contributed by atoms with Crippen molar-refractivity contribution < 1.29 is 13.6 Å². The lowest BCUT2D eigenvalue weighted by molar-refractivity contribution is 0.153. The summed E-state index contributed by atoms with van der Waals surface area (Å²) in [6, 6.07) is 0. The molecule has 4 rings (SSSR count). The van der Waals surface area contributed by atoms with Crippen molar-refractivity contribution in [3.05, 3.63) is 22.1 Å². The highest BCUT2D eigenvalue weighted by Crippen LogP contribution is 2.42. The van der Waals surface area contributed by atoms with Gasteiger partial charge in [-0.1, -0.05) is 28.5 Å². The molecule has 0 aromatic carbocycles. The molecule has 4 aliphatic rings. The van der Waals surface area contributed by atoms with Crippen LogP contribution in [0.15, 0.2) is 37.4 Å². The Morgan fingerprint density at radius 1 is 1.45 bits per heavy atom. The molecule has 0 aromatic rings. The van der Waals surface area contributed by atoms with Crippen LogP contribution in [-0.4, -0.2) is 47.2 Å². The molecular weight excluding hydrogens is 334 g/mol. The van der Waals surface area contributed by atoms with E-state index in [1.54, 1.807) is 6.26 Å². The van der Waals surface area contributed by atoms with E-state index >= 15 is 0 Å². The molecule has 3 aliphatic heterocycles. The Balaban J connectivity index is 1.98. The highest BCUT2D eigenvalue weighted by atomic mass is 35.5. The summed E-state index contributed by atoms with van der Waals surface area (Å²) in [5.41, 5.74) is 1.62. The quantitative estimate of drug-likeness (QED) is 0.679. The van der Waals surface area contributed by atoms with Gasteiger partial charge >= 0.3 is 0 Å². The summed E-state index contributed by atoms with van der Waals surface area (Å²) in [7, 11) is 0. The minimum atomic E-state index is -1.09. The number of oxime groups is 1. The van der Waals surface area contributed by atoms with Gasteiger partial charge in [-0.2, -0.15) is 0 Å². The second-order valence-electron chi connectivity index (χ2n) is 5.26. The molecule has 0 amide bonds. The first-order chi connectivity index (χ1) is 10.6. The van der Waals surface area contributed by atoms with Crippen molar-refractivity contribution >= 4 is 40.0 Å². The van der Waals surface area contributed by atoms with Gasteiger partial charge in [0.2, 0.25) is 5.17 Å². The highest BCUT2D eigenvalue weighted by Gasteiger charge is 2.44. The summed E-state index contributed by atoms with van der Waals surface area (Å²) in [6.45, 7) is 0.303. The Hall–Kier alpha value is -1.41. The summed E-state index contributed by atoms with van der Waals surface area (Å²) in [5.74, 6) is -1.02. The number of allylic oxidation sites excluding steroid dienone is 2. The number of halogens is 3. The number of hydrazone groups is 1. The van der Waals surface area contributed by atoms with Crippen molar-refractivity contribution in [2.75, 3.05) is 19.4 Å². The van der Waals surface area contributed by atoms with Crippen LogP contribution in [0.3, 0.4) is 0 Å². The minimum Gasteiger partial charge on any atom is -0.394 e. The van der Waals surface area contributed by atoms with Crippen LogP contribution in [0.5, 0.6) is 0 Å². The Morgan fingerprint density at radius 2 is 2.27 bits per heavy atom. The molecule has 1 aliphatic carbocycles. The van der Waals surface area contributed by atoms with Crippen LogP contribution in [0.4, 0.5) is 8.78 Å². The van der Waals surface area contributed by atoms with E-state index in [0.717, 1.165) is 0 Å². The van der Waals surface area contributed by atoms with Crippen LogP contribution >= 0.6 is 23.4 Å². The third-order valence-electron chi connectivity index (χ3n) is 3.98. The molecule has 5 nitrogen and oxygen atoms in total. The van der Waals surface area contributed by atoms with Gasteiger partial charge in [0.15, 0.2) is 5.83 Å². The number of alkyl halides is 1. The fourth-order valence-electron chi connectivity index (χ4n) is 3.03. The van der Waals surface area contributed by atoms with Crippen LogP contribution in [0.1, 0.15) is 6.42 Å². The van der Waals surface area contributed by atoms with Crippen molar-refractivity contribution in [2.45, 2.75) is 12.6 Å². The first-order valence-corrected chi connectivity index (χ1v) is 8.32. The van der Waals surface area contributed by atoms with Gasteiger partial charge in [-0.05, 0) is 11.8 Å². The van der Waals surface area contributed by atoms with E-state index in [-0.39, 0.29) is 36.2 Å². The standard InChI is InChI=1S/C13H11ClF2N4OS/c1-22-13-17-11-9(16)8(14)10-7(4-21-19-10)6-2-5(15)3-20(18-13)12(6)11/h5,7H,2-4H2,1H3/t5-,7+/m1/s1. The Labute approximate surface area is 134 Å². The molecule has 0 aromatic heterocycles. The van der Waals surface area contributed by atoms with Gasteiger partial charge in [0, 0.05) is 6.42 Å². The number of thioether (sulfide) groups is 1. The number of aliphatic imine (C=N–C) groups is 1. The monoisotopic (exact) mass is 344 g/mol. The number of hydrogen-bond acceptors (Lipinski definition) is 6. The zero-order chi connectivity index (χ0) is 15.4. The number of amidine groups is 1. The minimum absolute atomic E-state index is 0.0763. The smallest absolute Gasteiger partial charge is 0.207 e. The van der Waals surface area contributed by atoms with Gasteiger partial charge in [0.05, 0.1) is 18.2 Å². The Morgan fingerprint density at radius 3 is 3.05 bits per heavy atom. The molecule has 116 valence electrons. The van der Waals surface area contributed by atoms with Crippen molar-refractivity contribution in [1.82, 2.24) is 5.01 Å². The fraction of sp³-hybridized carbons (Fsp3) is 0.462. The lowest BCUT2D eigenvalue weighted by Crippen LogP contribution is -2.39. The van der Waals surface area contributed by atoms with Gasteiger partial charge in [-0.25, -0.2) is 13.8 Å². The third-order valence-corrected chi connectivity index (χ3v) is 4.87. The summed E-state index contributed by atoms with van der Waals surface area (Å²) in [6.07, 6.45) is 0.869. The summed E-state index contributed by atoms with van der Waals surface area (Å²) in [5, 5.41) is 9.86. The Bertz CT molecular complexity index is 715. The highest BCUT2D eigenvalue weighted by molar-refractivity contribution is 8.13. The SMILES string of the molecule is CSC1=NN2C[C@H](F)CC3=C2C(=N1)C(F)=C(Cl)C1=NOC[C@H]13. The van der Waals surface area contributed by atoms with E-state index in [1.807, 2.05) is 0 Å². The van der Waals surface area contributed by atoms with Crippen LogP contribution < -0.4 is 0 Å². The summed E-state index contributed by atoms with van der Waals surface area (Å²) < 4.78 is 28.9. The fourth-order valence-corrected chi connectivity index (χ4v) is 3.65. The molecule has 0 fully saturated rings. The molecule has 0 saturated heterocycles. The molecule has 0 spiro atoms. The van der Waals surface area contributed by atoms with E-state index in [1.165, 1.54) is 16.8 Å². The summed E-state index contributed by atoms with van der Waals surface area (Å²) >= 11 is 7.40. The zero-order valence-electron chi connectivity index (χ0n) is 11.5. The average molecular weight is 345 g/mol. The molecule has 9 heteroatoms. The van der Waals surface area contributed by atoms with E-state index in [0.29, 0.717) is 22.1 Å². The summed E-state index contributed by atoms with van der Waals surface area (Å²) in [4.78, 5) is 9.31. The maximum absolute atomic E-state index is 14.8. The topological polar surface area (TPSA) is 49.5 Å². The van der Waals surface area contributed by atoms with Crippen LogP contribution in [0.25, 0.3) is 0 Å². The predicted octanol–water partition coefficient (Wildman–Crippen LogP) is 2.81. The molecule has 0 N–H and O–H groups in total. The molecule has 0 bridgehead atoms. The number of rotatable bonds is 0. The lowest BCUT2D eigenvalue weighted by Gasteiger charge is -2.34. The van der Waals surface area contributed by atoms with Crippen LogP contribution in [0, 0.1) is 5.92 Å². The second kappa shape index (κ2) is 5.06. The Kier molecular flexibility index (Phi) is 3.26. The second-order valence-corrected chi connectivity index (χ2v) is 6.41. The van der Waals surface area contributed by atoms with Gasteiger partial charge in [-0.15, -0.1) is 5.10 Å². The van der Waals surface area contributed by atoms with Crippen molar-refractivity contribution in [3.63, 3.8) is 0 Å². The molecule has 0 saturated carbocycles. The van der Waals surface area contributed by atoms with E-state index in [2.05, 4.69) is 15.2 Å². The first kappa shape index (κ1) is 14.2. The maximum atomic E-state index is 14.8. The lowest BCUT2D eigenvalue weighted by atomic mass is 9.87. The third kappa shape index (κ3) is 1.93. The van der Waals surface area contributed by atoms with Crippen molar-refractivity contribution in [3.8, 4) is 0 Å². The number of nitrogens with zero attached hydrogens (tertiary/aromatic N) is 4. The normalized spacial score (nSPS) is 30.2. The molecule has 0 radical (unpaired) electrons. The largest absolute Gasteiger partial charge is 0.394 e. The molecule has 2 atom stereocenters. The number of hydrogen-bond donors (Lipinski definition) is 0. The number of fused-ring (bicyclic) bond motifs is 2. The van der Waals surface area contributed by atoms with E-state index in [4.69, 9.17) is 16.4 Å². The maximum Gasteiger partial charge on any atom is 0.207 e. The zero-order valence-corrected chi connectivity index (χ0v) is 13.1. The van der Waals surface area contributed by atoms with Gasteiger partial charge < -0.3 is 4.84 Å². The van der Waals surface area contributed by atoms with Gasteiger partial charge in [-0.3, -0.25) is 5.01 Å². The van der Waals surface area contributed by atoms with Gasteiger partial charge in [0.1, 0.15) is 29.2 Å². The predicted molar refractivity (Wildman–Crippen MR) is 82.5 cm³/mol. The molecule has 3 heterocycles. The van der Waals surface area contributed by atoms with Gasteiger partial charge in [0.25, 0.3) is 0 Å².